The summed E-state index contributed by atoms with van der Waals surface area (Å²) >= 11 is 0. The maximum absolute atomic E-state index is 14.0. The molecule has 2 N–H and O–H groups in total. The van der Waals surface area contributed by atoms with Gasteiger partial charge in [0.2, 0.25) is 5.91 Å². The van der Waals surface area contributed by atoms with E-state index in [-0.39, 0.29) is 53.6 Å². The van der Waals surface area contributed by atoms with Crippen LogP contribution in [-0.2, 0) is 9.53 Å². The van der Waals surface area contributed by atoms with Crippen LogP contribution in [0.3, 0.4) is 0 Å². The Morgan fingerprint density at radius 3 is 2.66 bits per heavy atom. The van der Waals surface area contributed by atoms with Gasteiger partial charge in [-0.3, -0.25) is 14.6 Å². The second-order valence-corrected chi connectivity index (χ2v) is 7.32. The summed E-state index contributed by atoms with van der Waals surface area (Å²) < 4.78 is 48.4. The number of hydrogen-bond donors (Lipinski definition) is 2. The van der Waals surface area contributed by atoms with Gasteiger partial charge < -0.3 is 20.1 Å². The van der Waals surface area contributed by atoms with Crippen LogP contribution in [0.2, 0.25) is 0 Å². The average molecular weight is 449 g/mol. The highest BCUT2D eigenvalue weighted by molar-refractivity contribution is 5.97. The number of hydrogen-bond acceptors (Lipinski definition) is 5. The second kappa shape index (κ2) is 10.8. The van der Waals surface area contributed by atoms with Crippen molar-refractivity contribution in [2.24, 2.45) is 0 Å². The zero-order chi connectivity index (χ0) is 23.1. The van der Waals surface area contributed by atoms with Crippen molar-refractivity contribution in [3.05, 3.63) is 35.8 Å². The quantitative estimate of drug-likeness (QED) is 0.605. The van der Waals surface area contributed by atoms with Gasteiger partial charge in [-0.15, -0.1) is 6.42 Å². The molecule has 1 aliphatic carbocycles. The number of nitrogens with one attached hydrogen (secondary N) is 2. The highest BCUT2D eigenvalue weighted by Gasteiger charge is 2.24. The molecule has 7 nitrogen and oxygen atoms in total. The van der Waals surface area contributed by atoms with Crippen molar-refractivity contribution >= 4 is 22.7 Å². The molecule has 1 aromatic carbocycles. The van der Waals surface area contributed by atoms with Crippen LogP contribution in [0, 0.1) is 18.2 Å². The fourth-order valence-corrected chi connectivity index (χ4v) is 3.48. The third-order valence-electron chi connectivity index (χ3n) is 5.06. The number of alkyl halides is 2. The molecule has 0 atom stereocenters. The van der Waals surface area contributed by atoms with Crippen molar-refractivity contribution in [1.29, 1.82) is 0 Å². The zero-order valence-electron chi connectivity index (χ0n) is 17.1. The number of rotatable bonds is 8. The number of pyridine rings is 1. The molecule has 2 amide bonds. The Labute approximate surface area is 182 Å². The summed E-state index contributed by atoms with van der Waals surface area (Å²) in [4.78, 5) is 28.2. The molecule has 0 spiro atoms. The summed E-state index contributed by atoms with van der Waals surface area (Å²) in [5, 5.41) is 5.73. The van der Waals surface area contributed by atoms with Gasteiger partial charge in [0.15, 0.2) is 11.6 Å². The molecule has 170 valence electrons. The molecule has 10 heteroatoms. The standard InChI is InChI=1S/C22H22F3N3O4/c1-2-7-26-20(29)12-31-16-5-3-15(4-6-16)28-21(30)14-8-13-9-17(23)19(32-22(24)25)10-18(13)27-11-14/h1,8-11,15-16,22H,3-7,12H2,(H,26,29)(H,28,30)/t15-,16-. The lowest BCUT2D eigenvalue weighted by Gasteiger charge is -2.29. The zero-order valence-corrected chi connectivity index (χ0v) is 17.1. The van der Waals surface area contributed by atoms with Crippen LogP contribution in [0.15, 0.2) is 24.4 Å². The van der Waals surface area contributed by atoms with Gasteiger partial charge in [0.25, 0.3) is 5.91 Å². The van der Waals surface area contributed by atoms with E-state index in [1.165, 1.54) is 12.3 Å². The third-order valence-corrected chi connectivity index (χ3v) is 5.06. The normalized spacial score (nSPS) is 18.2. The molecule has 1 aromatic heterocycles. The first-order valence-corrected chi connectivity index (χ1v) is 10.0. The number of amides is 2. The second-order valence-electron chi connectivity index (χ2n) is 7.32. The maximum atomic E-state index is 14.0. The number of aromatic nitrogens is 1. The minimum Gasteiger partial charge on any atom is -0.432 e. The lowest BCUT2D eigenvalue weighted by molar-refractivity contribution is -0.128. The first kappa shape index (κ1) is 23.3. The monoisotopic (exact) mass is 449 g/mol. The Hall–Kier alpha value is -3.32. The number of ether oxygens (including phenoxy) is 2. The maximum Gasteiger partial charge on any atom is 0.387 e. The molecule has 1 aliphatic rings. The highest BCUT2D eigenvalue weighted by atomic mass is 19.3. The Balaban J connectivity index is 1.53. The van der Waals surface area contributed by atoms with Gasteiger partial charge in [-0.05, 0) is 37.8 Å². The number of carbonyl (C=O) groups excluding carboxylic acids is 2. The molecule has 0 unspecified atom stereocenters. The molecule has 2 aromatic rings. The van der Waals surface area contributed by atoms with E-state index >= 15 is 0 Å². The number of halogens is 3. The van der Waals surface area contributed by atoms with Gasteiger partial charge in [-0.25, -0.2) is 4.39 Å². The molecule has 0 saturated heterocycles. The van der Waals surface area contributed by atoms with Crippen molar-refractivity contribution in [2.45, 2.75) is 44.4 Å². The van der Waals surface area contributed by atoms with E-state index in [4.69, 9.17) is 11.2 Å². The molecule has 0 bridgehead atoms. The summed E-state index contributed by atoms with van der Waals surface area (Å²) in [5.41, 5.74) is 0.450. The smallest absolute Gasteiger partial charge is 0.387 e. The minimum absolute atomic E-state index is 0.0627. The molecule has 1 saturated carbocycles. The van der Waals surface area contributed by atoms with Crippen molar-refractivity contribution in [3.8, 4) is 18.1 Å². The molecule has 0 aliphatic heterocycles. The van der Waals surface area contributed by atoms with Crippen LogP contribution in [0.1, 0.15) is 36.0 Å². The van der Waals surface area contributed by atoms with Gasteiger partial charge in [0, 0.05) is 23.7 Å². The molecule has 3 rings (SSSR count). The number of carbonyl (C=O) groups is 2. The van der Waals surface area contributed by atoms with E-state index in [9.17, 15) is 22.8 Å². The first-order chi connectivity index (χ1) is 15.4. The largest absolute Gasteiger partial charge is 0.432 e. The first-order valence-electron chi connectivity index (χ1n) is 10.0. The summed E-state index contributed by atoms with van der Waals surface area (Å²) in [6.07, 6.45) is 9.01. The fraction of sp³-hybridized carbons (Fsp3) is 0.409. The van der Waals surface area contributed by atoms with Crippen LogP contribution in [0.4, 0.5) is 13.2 Å². The van der Waals surface area contributed by atoms with Crippen LogP contribution >= 0.6 is 0 Å². The molecule has 1 fully saturated rings. The van der Waals surface area contributed by atoms with Gasteiger partial charge >= 0.3 is 6.61 Å². The summed E-state index contributed by atoms with van der Waals surface area (Å²) in [7, 11) is 0. The number of fused-ring (bicyclic) bond motifs is 1. The number of nitrogens with zero attached hydrogens (tertiary/aromatic N) is 1. The Morgan fingerprint density at radius 2 is 1.97 bits per heavy atom. The number of benzene rings is 1. The fourth-order valence-electron chi connectivity index (χ4n) is 3.48. The van der Waals surface area contributed by atoms with Crippen molar-refractivity contribution in [2.75, 3.05) is 13.2 Å². The van der Waals surface area contributed by atoms with Crippen molar-refractivity contribution in [1.82, 2.24) is 15.6 Å². The topological polar surface area (TPSA) is 89.6 Å². The molecular formula is C22H22F3N3O4. The number of terminal acetylenes is 1. The Morgan fingerprint density at radius 1 is 1.22 bits per heavy atom. The van der Waals surface area contributed by atoms with Crippen molar-refractivity contribution < 1.29 is 32.2 Å². The third kappa shape index (κ3) is 6.34. The lowest BCUT2D eigenvalue weighted by atomic mass is 9.92. The summed E-state index contributed by atoms with van der Waals surface area (Å²) in [5.74, 6) is 0.0948. The highest BCUT2D eigenvalue weighted by Crippen LogP contribution is 2.26. The van der Waals surface area contributed by atoms with E-state index < -0.39 is 18.2 Å². The summed E-state index contributed by atoms with van der Waals surface area (Å²) in [6.45, 7) is -3.06. The average Bonchev–Trinajstić information content (AvgIpc) is 2.77. The van der Waals surface area contributed by atoms with Gasteiger partial charge in [0.1, 0.15) is 6.61 Å². The van der Waals surface area contributed by atoms with Crippen LogP contribution in [0.5, 0.6) is 5.75 Å². The SMILES string of the molecule is C#CCNC(=O)CO[C@H]1CC[C@H](NC(=O)c2cnc3cc(OC(F)F)c(F)cc3c2)CC1. The molecular weight excluding hydrogens is 427 g/mol. The van der Waals surface area contributed by atoms with E-state index in [2.05, 4.69) is 26.3 Å². The van der Waals surface area contributed by atoms with Gasteiger partial charge in [0.05, 0.1) is 23.7 Å². The summed E-state index contributed by atoms with van der Waals surface area (Å²) in [6, 6.07) is 3.43. The minimum atomic E-state index is -3.15. The Bertz CT molecular complexity index is 1020. The van der Waals surface area contributed by atoms with Crippen molar-refractivity contribution in [3.63, 3.8) is 0 Å². The van der Waals surface area contributed by atoms with E-state index in [0.29, 0.717) is 25.7 Å². The molecule has 32 heavy (non-hydrogen) atoms. The molecule has 1 heterocycles. The van der Waals surface area contributed by atoms with E-state index in [0.717, 1.165) is 12.1 Å². The van der Waals surface area contributed by atoms with E-state index in [1.54, 1.807) is 0 Å². The van der Waals surface area contributed by atoms with Gasteiger partial charge in [-0.1, -0.05) is 5.92 Å². The lowest BCUT2D eigenvalue weighted by Crippen LogP contribution is -2.40. The molecule has 0 radical (unpaired) electrons. The van der Waals surface area contributed by atoms with Crippen LogP contribution in [-0.4, -0.2) is 48.7 Å². The van der Waals surface area contributed by atoms with Gasteiger partial charge in [-0.2, -0.15) is 8.78 Å². The Kier molecular flexibility index (Phi) is 7.89. The predicted octanol–water partition coefficient (Wildman–Crippen LogP) is 2.78. The van der Waals surface area contributed by atoms with E-state index in [1.807, 2.05) is 0 Å². The van der Waals surface area contributed by atoms with Crippen LogP contribution < -0.4 is 15.4 Å². The predicted molar refractivity (Wildman–Crippen MR) is 110 cm³/mol. The van der Waals surface area contributed by atoms with Crippen LogP contribution in [0.25, 0.3) is 10.9 Å².